The van der Waals surface area contributed by atoms with Crippen LogP contribution in [-0.4, -0.2) is 36.4 Å². The van der Waals surface area contributed by atoms with Gasteiger partial charge in [-0.25, -0.2) is 4.98 Å². The average Bonchev–Trinajstić information content (AvgIpc) is 2.63. The molecular formula is C12H20ClN3O. The molecule has 0 radical (unpaired) electrons. The van der Waals surface area contributed by atoms with Crippen LogP contribution >= 0.6 is 11.6 Å². The van der Waals surface area contributed by atoms with Gasteiger partial charge in [-0.1, -0.05) is 11.6 Å². The SMILES string of the molecule is CNCCc1nc(Cl)c(C2CCOCC2)n1C. The summed E-state index contributed by atoms with van der Waals surface area (Å²) in [5, 5.41) is 3.81. The molecule has 2 heterocycles. The third kappa shape index (κ3) is 2.81. The number of nitrogens with zero attached hydrogens (tertiary/aromatic N) is 2. The molecule has 0 amide bonds. The molecular weight excluding hydrogens is 238 g/mol. The second-order valence-electron chi connectivity index (χ2n) is 4.50. The highest BCUT2D eigenvalue weighted by atomic mass is 35.5. The molecule has 0 saturated carbocycles. The lowest BCUT2D eigenvalue weighted by molar-refractivity contribution is 0.0839. The number of aromatic nitrogens is 2. The molecule has 0 unspecified atom stereocenters. The van der Waals surface area contributed by atoms with Crippen LogP contribution in [0.4, 0.5) is 0 Å². The van der Waals surface area contributed by atoms with E-state index < -0.39 is 0 Å². The van der Waals surface area contributed by atoms with E-state index in [0.717, 1.165) is 44.8 Å². The van der Waals surface area contributed by atoms with Crippen LogP contribution < -0.4 is 5.32 Å². The summed E-state index contributed by atoms with van der Waals surface area (Å²) in [5.41, 5.74) is 1.18. The highest BCUT2D eigenvalue weighted by Gasteiger charge is 2.23. The molecule has 1 aliphatic heterocycles. The lowest BCUT2D eigenvalue weighted by Gasteiger charge is -2.22. The highest BCUT2D eigenvalue weighted by molar-refractivity contribution is 6.30. The quantitative estimate of drug-likeness (QED) is 0.893. The van der Waals surface area contributed by atoms with E-state index in [1.807, 2.05) is 7.05 Å². The first-order valence-corrected chi connectivity index (χ1v) is 6.55. The number of nitrogens with one attached hydrogen (secondary N) is 1. The minimum Gasteiger partial charge on any atom is -0.381 e. The molecule has 1 N–H and O–H groups in total. The van der Waals surface area contributed by atoms with Crippen molar-refractivity contribution in [3.63, 3.8) is 0 Å². The van der Waals surface area contributed by atoms with Gasteiger partial charge in [-0.2, -0.15) is 0 Å². The summed E-state index contributed by atoms with van der Waals surface area (Å²) >= 11 is 6.27. The fourth-order valence-corrected chi connectivity index (χ4v) is 2.78. The van der Waals surface area contributed by atoms with Crippen molar-refractivity contribution in [2.75, 3.05) is 26.8 Å². The third-order valence-electron chi connectivity index (χ3n) is 3.39. The van der Waals surface area contributed by atoms with Gasteiger partial charge in [-0.15, -0.1) is 0 Å². The van der Waals surface area contributed by atoms with Crippen molar-refractivity contribution in [2.45, 2.75) is 25.2 Å². The van der Waals surface area contributed by atoms with E-state index in [4.69, 9.17) is 16.3 Å². The first kappa shape index (κ1) is 12.9. The van der Waals surface area contributed by atoms with Gasteiger partial charge in [0.25, 0.3) is 0 Å². The number of hydrogen-bond donors (Lipinski definition) is 1. The van der Waals surface area contributed by atoms with Crippen molar-refractivity contribution >= 4 is 11.6 Å². The molecule has 96 valence electrons. The Morgan fingerprint density at radius 3 is 2.82 bits per heavy atom. The molecule has 1 saturated heterocycles. The van der Waals surface area contributed by atoms with Gasteiger partial charge in [0.15, 0.2) is 5.15 Å². The Morgan fingerprint density at radius 1 is 1.47 bits per heavy atom. The monoisotopic (exact) mass is 257 g/mol. The number of imidazole rings is 1. The summed E-state index contributed by atoms with van der Waals surface area (Å²) in [5.74, 6) is 1.56. The van der Waals surface area contributed by atoms with Gasteiger partial charge in [0.1, 0.15) is 5.82 Å². The Labute approximate surface area is 107 Å². The zero-order valence-electron chi connectivity index (χ0n) is 10.5. The zero-order chi connectivity index (χ0) is 12.3. The summed E-state index contributed by atoms with van der Waals surface area (Å²) in [6.07, 6.45) is 3.01. The Kier molecular flexibility index (Phi) is 4.42. The molecule has 1 aliphatic rings. The second-order valence-corrected chi connectivity index (χ2v) is 4.86. The van der Waals surface area contributed by atoms with Crippen molar-refractivity contribution in [1.29, 1.82) is 0 Å². The van der Waals surface area contributed by atoms with E-state index in [1.54, 1.807) is 0 Å². The Balaban J connectivity index is 2.17. The normalized spacial score (nSPS) is 17.6. The molecule has 5 heteroatoms. The fourth-order valence-electron chi connectivity index (χ4n) is 2.40. The number of rotatable bonds is 4. The predicted octanol–water partition coefficient (Wildman–Crippen LogP) is 1.73. The molecule has 0 aromatic carbocycles. The minimum atomic E-state index is 0.497. The number of halogens is 1. The maximum Gasteiger partial charge on any atom is 0.150 e. The van der Waals surface area contributed by atoms with Gasteiger partial charge in [-0.3, -0.25) is 0 Å². The van der Waals surface area contributed by atoms with E-state index in [1.165, 1.54) is 5.69 Å². The molecule has 1 fully saturated rings. The van der Waals surface area contributed by atoms with Crippen molar-refractivity contribution in [2.24, 2.45) is 7.05 Å². The highest BCUT2D eigenvalue weighted by Crippen LogP contribution is 2.32. The standard InChI is InChI=1S/C12H20ClN3O/c1-14-6-3-10-15-12(13)11(16(10)2)9-4-7-17-8-5-9/h9,14H,3-8H2,1-2H3. The average molecular weight is 258 g/mol. The first-order valence-electron chi connectivity index (χ1n) is 6.17. The summed E-state index contributed by atoms with van der Waals surface area (Å²) in [4.78, 5) is 4.47. The summed E-state index contributed by atoms with van der Waals surface area (Å²) in [7, 11) is 4.01. The Bertz CT molecular complexity index is 372. The van der Waals surface area contributed by atoms with Crippen molar-refractivity contribution in [3.8, 4) is 0 Å². The fraction of sp³-hybridized carbons (Fsp3) is 0.750. The lowest BCUT2D eigenvalue weighted by Crippen LogP contribution is -2.18. The molecule has 0 atom stereocenters. The lowest BCUT2D eigenvalue weighted by atomic mass is 9.97. The van der Waals surface area contributed by atoms with Crippen LogP contribution in [0.3, 0.4) is 0 Å². The molecule has 1 aromatic rings. The molecule has 0 spiro atoms. The largest absolute Gasteiger partial charge is 0.381 e. The van der Waals surface area contributed by atoms with Gasteiger partial charge < -0.3 is 14.6 Å². The van der Waals surface area contributed by atoms with Gasteiger partial charge in [-0.05, 0) is 19.9 Å². The minimum absolute atomic E-state index is 0.497. The third-order valence-corrected chi connectivity index (χ3v) is 3.67. The Morgan fingerprint density at radius 2 is 2.18 bits per heavy atom. The van der Waals surface area contributed by atoms with E-state index in [0.29, 0.717) is 11.1 Å². The summed E-state index contributed by atoms with van der Waals surface area (Å²) < 4.78 is 7.55. The topological polar surface area (TPSA) is 39.1 Å². The molecule has 4 nitrogen and oxygen atoms in total. The smallest absolute Gasteiger partial charge is 0.150 e. The second kappa shape index (κ2) is 5.85. The van der Waals surface area contributed by atoms with Gasteiger partial charge in [0, 0.05) is 39.1 Å². The van der Waals surface area contributed by atoms with Crippen molar-refractivity contribution in [3.05, 3.63) is 16.7 Å². The van der Waals surface area contributed by atoms with Crippen LogP contribution in [0.2, 0.25) is 5.15 Å². The van der Waals surface area contributed by atoms with Crippen LogP contribution in [0, 0.1) is 0 Å². The van der Waals surface area contributed by atoms with Crippen LogP contribution in [0.25, 0.3) is 0 Å². The van der Waals surface area contributed by atoms with E-state index in [2.05, 4.69) is 21.9 Å². The predicted molar refractivity (Wildman–Crippen MR) is 68.6 cm³/mol. The van der Waals surface area contributed by atoms with E-state index in [-0.39, 0.29) is 0 Å². The molecule has 1 aromatic heterocycles. The van der Waals surface area contributed by atoms with Crippen LogP contribution in [-0.2, 0) is 18.2 Å². The van der Waals surface area contributed by atoms with Crippen LogP contribution in [0.5, 0.6) is 0 Å². The maximum atomic E-state index is 6.27. The van der Waals surface area contributed by atoms with Crippen molar-refractivity contribution < 1.29 is 4.74 Å². The Hall–Kier alpha value is -0.580. The molecule has 0 aliphatic carbocycles. The first-order chi connectivity index (χ1) is 8.24. The summed E-state index contributed by atoms with van der Waals surface area (Å²) in [6, 6.07) is 0. The molecule has 0 bridgehead atoms. The van der Waals surface area contributed by atoms with Crippen LogP contribution in [0.15, 0.2) is 0 Å². The van der Waals surface area contributed by atoms with Crippen LogP contribution in [0.1, 0.15) is 30.3 Å². The summed E-state index contributed by atoms with van der Waals surface area (Å²) in [6.45, 7) is 2.59. The molecule has 17 heavy (non-hydrogen) atoms. The van der Waals surface area contributed by atoms with E-state index >= 15 is 0 Å². The van der Waals surface area contributed by atoms with Gasteiger partial charge in [0.2, 0.25) is 0 Å². The number of ether oxygens (including phenoxy) is 1. The zero-order valence-corrected chi connectivity index (χ0v) is 11.3. The van der Waals surface area contributed by atoms with Crippen molar-refractivity contribution in [1.82, 2.24) is 14.9 Å². The number of hydrogen-bond acceptors (Lipinski definition) is 3. The van der Waals surface area contributed by atoms with E-state index in [9.17, 15) is 0 Å². The van der Waals surface area contributed by atoms with Gasteiger partial charge in [0.05, 0.1) is 5.69 Å². The maximum absolute atomic E-state index is 6.27. The van der Waals surface area contributed by atoms with Gasteiger partial charge >= 0.3 is 0 Å². The number of likely N-dealkylation sites (N-methyl/N-ethyl adjacent to an activating group) is 1. The molecule has 2 rings (SSSR count).